The fourth-order valence-corrected chi connectivity index (χ4v) is 5.94. The summed E-state index contributed by atoms with van der Waals surface area (Å²) in [5.41, 5.74) is 2.48. The third-order valence-electron chi connectivity index (χ3n) is 6.00. The van der Waals surface area contributed by atoms with Crippen LogP contribution in [0.1, 0.15) is 35.2 Å². The van der Waals surface area contributed by atoms with Crippen molar-refractivity contribution >= 4 is 33.2 Å². The summed E-state index contributed by atoms with van der Waals surface area (Å²) in [6, 6.07) is 9.98. The minimum absolute atomic E-state index is 0.0392. The number of ether oxygens (including phenoxy) is 1. The van der Waals surface area contributed by atoms with Crippen LogP contribution in [-0.4, -0.2) is 50.8 Å². The number of rotatable bonds is 3. The molecular weight excluding hydrogens is 418 g/mol. The van der Waals surface area contributed by atoms with Crippen LogP contribution in [0.25, 0.3) is 0 Å². The molecule has 5 rings (SSSR count). The maximum absolute atomic E-state index is 13.2. The van der Waals surface area contributed by atoms with E-state index in [1.54, 1.807) is 45.6 Å². The largest absolute Gasteiger partial charge is 0.482 e. The summed E-state index contributed by atoms with van der Waals surface area (Å²) in [4.78, 5) is 26.7. The van der Waals surface area contributed by atoms with Gasteiger partial charge in [0.1, 0.15) is 5.75 Å². The topological polar surface area (TPSA) is 96.0 Å². The number of anilines is 2. The van der Waals surface area contributed by atoms with Crippen LogP contribution in [0.15, 0.2) is 41.3 Å². The standard InChI is InChI=1S/C22H23N3O5S/c26-21-14-30-20-7-4-16(13-18(20)23-21)22(27)25-11-8-15-12-17(5-6-19(15)25)31(28,29)24-9-2-1-3-10-24/h4-7,12-13H,1-3,8-11,14H2,(H,23,26). The molecule has 1 N–H and O–H groups in total. The Morgan fingerprint density at radius 1 is 1.00 bits per heavy atom. The molecule has 0 aliphatic carbocycles. The van der Waals surface area contributed by atoms with E-state index in [0.717, 1.165) is 30.5 Å². The Bertz CT molecular complexity index is 1170. The lowest BCUT2D eigenvalue weighted by molar-refractivity contribution is -0.118. The summed E-state index contributed by atoms with van der Waals surface area (Å²) in [6.45, 7) is 1.55. The van der Waals surface area contributed by atoms with Crippen LogP contribution < -0.4 is 15.0 Å². The van der Waals surface area contributed by atoms with Gasteiger partial charge in [-0.15, -0.1) is 0 Å². The van der Waals surface area contributed by atoms with Crippen LogP contribution in [0.5, 0.6) is 5.75 Å². The van der Waals surface area contributed by atoms with E-state index in [1.165, 1.54) is 0 Å². The van der Waals surface area contributed by atoms with E-state index < -0.39 is 10.0 Å². The molecule has 0 spiro atoms. The molecule has 2 amide bonds. The molecule has 9 heteroatoms. The van der Waals surface area contributed by atoms with Crippen molar-refractivity contribution in [3.63, 3.8) is 0 Å². The Kier molecular flexibility index (Phi) is 4.94. The van der Waals surface area contributed by atoms with Gasteiger partial charge in [0.2, 0.25) is 10.0 Å². The first-order chi connectivity index (χ1) is 14.9. The van der Waals surface area contributed by atoms with Gasteiger partial charge in [0.05, 0.1) is 10.6 Å². The third kappa shape index (κ3) is 3.57. The second-order valence-electron chi connectivity index (χ2n) is 8.01. The van der Waals surface area contributed by atoms with Gasteiger partial charge in [-0.05, 0) is 61.2 Å². The van der Waals surface area contributed by atoms with Gasteiger partial charge >= 0.3 is 0 Å². The molecule has 31 heavy (non-hydrogen) atoms. The molecule has 3 heterocycles. The number of amides is 2. The van der Waals surface area contributed by atoms with Crippen molar-refractivity contribution in [2.75, 3.05) is 36.5 Å². The predicted octanol–water partition coefficient (Wildman–Crippen LogP) is 2.39. The lowest BCUT2D eigenvalue weighted by atomic mass is 10.1. The average molecular weight is 442 g/mol. The molecule has 2 aromatic rings. The SMILES string of the molecule is O=C1COc2ccc(C(=O)N3CCc4cc(S(=O)(=O)N5CCCCC5)ccc43)cc2N1. The highest BCUT2D eigenvalue weighted by atomic mass is 32.2. The molecule has 0 atom stereocenters. The first-order valence-electron chi connectivity index (χ1n) is 10.5. The molecule has 0 aromatic heterocycles. The van der Waals surface area contributed by atoms with E-state index in [-0.39, 0.29) is 23.3 Å². The molecule has 0 bridgehead atoms. The van der Waals surface area contributed by atoms with Crippen LogP contribution >= 0.6 is 0 Å². The van der Waals surface area contributed by atoms with Gasteiger partial charge in [0, 0.05) is 30.9 Å². The number of nitrogens with one attached hydrogen (secondary N) is 1. The van der Waals surface area contributed by atoms with Gasteiger partial charge in [-0.3, -0.25) is 9.59 Å². The Hall–Kier alpha value is -2.91. The van der Waals surface area contributed by atoms with E-state index >= 15 is 0 Å². The first kappa shape index (κ1) is 20.0. The second kappa shape index (κ2) is 7.65. The summed E-state index contributed by atoms with van der Waals surface area (Å²) in [6.07, 6.45) is 3.43. The Morgan fingerprint density at radius 2 is 1.81 bits per heavy atom. The van der Waals surface area contributed by atoms with Crippen molar-refractivity contribution in [2.24, 2.45) is 0 Å². The highest BCUT2D eigenvalue weighted by Gasteiger charge is 2.31. The van der Waals surface area contributed by atoms with Crippen molar-refractivity contribution < 1.29 is 22.7 Å². The number of fused-ring (bicyclic) bond motifs is 2. The maximum Gasteiger partial charge on any atom is 0.262 e. The number of sulfonamides is 1. The molecule has 0 radical (unpaired) electrons. The molecule has 162 valence electrons. The van der Waals surface area contributed by atoms with E-state index in [0.29, 0.717) is 43.1 Å². The molecule has 0 saturated carbocycles. The van der Waals surface area contributed by atoms with Crippen LogP contribution in [0.2, 0.25) is 0 Å². The Morgan fingerprint density at radius 3 is 2.61 bits per heavy atom. The van der Waals surface area contributed by atoms with Gasteiger partial charge in [-0.1, -0.05) is 6.42 Å². The zero-order valence-electron chi connectivity index (χ0n) is 17.0. The smallest absolute Gasteiger partial charge is 0.262 e. The number of carbonyl (C=O) groups excluding carboxylic acids is 2. The van der Waals surface area contributed by atoms with Crippen molar-refractivity contribution in [1.29, 1.82) is 0 Å². The van der Waals surface area contributed by atoms with Crippen molar-refractivity contribution in [3.05, 3.63) is 47.5 Å². The van der Waals surface area contributed by atoms with Gasteiger partial charge in [-0.2, -0.15) is 4.31 Å². The van der Waals surface area contributed by atoms with Crippen LogP contribution in [-0.2, 0) is 21.2 Å². The summed E-state index contributed by atoms with van der Waals surface area (Å²) in [5, 5.41) is 2.71. The van der Waals surface area contributed by atoms with E-state index in [2.05, 4.69) is 5.32 Å². The quantitative estimate of drug-likeness (QED) is 0.789. The summed E-state index contributed by atoms with van der Waals surface area (Å²) in [7, 11) is -3.51. The minimum Gasteiger partial charge on any atom is -0.482 e. The van der Waals surface area contributed by atoms with Gasteiger partial charge < -0.3 is 15.0 Å². The molecule has 1 fully saturated rings. The van der Waals surface area contributed by atoms with Crippen LogP contribution in [0, 0.1) is 0 Å². The molecule has 3 aliphatic heterocycles. The summed E-state index contributed by atoms with van der Waals surface area (Å²) >= 11 is 0. The fraction of sp³-hybridized carbons (Fsp3) is 0.364. The van der Waals surface area contributed by atoms with Gasteiger partial charge in [0.25, 0.3) is 11.8 Å². The lowest BCUT2D eigenvalue weighted by Gasteiger charge is -2.26. The summed E-state index contributed by atoms with van der Waals surface area (Å²) in [5.74, 6) is 0.0737. The normalized spacial score (nSPS) is 18.7. The van der Waals surface area contributed by atoms with Crippen molar-refractivity contribution in [1.82, 2.24) is 4.31 Å². The van der Waals surface area contributed by atoms with Gasteiger partial charge in [0.15, 0.2) is 6.61 Å². The lowest BCUT2D eigenvalue weighted by Crippen LogP contribution is -2.35. The number of nitrogens with zero attached hydrogens (tertiary/aromatic N) is 2. The van der Waals surface area contributed by atoms with Crippen molar-refractivity contribution in [3.8, 4) is 5.75 Å². The van der Waals surface area contributed by atoms with Crippen LogP contribution in [0.3, 0.4) is 0 Å². The Labute approximate surface area is 180 Å². The second-order valence-corrected chi connectivity index (χ2v) is 9.95. The van der Waals surface area contributed by atoms with E-state index in [1.807, 2.05) is 0 Å². The number of hydrogen-bond donors (Lipinski definition) is 1. The van der Waals surface area contributed by atoms with Crippen LogP contribution in [0.4, 0.5) is 11.4 Å². The first-order valence-corrected chi connectivity index (χ1v) is 11.9. The zero-order valence-corrected chi connectivity index (χ0v) is 17.8. The predicted molar refractivity (Wildman–Crippen MR) is 115 cm³/mol. The highest BCUT2D eigenvalue weighted by Crippen LogP contribution is 2.34. The molecule has 3 aliphatic rings. The fourth-order valence-electron chi connectivity index (χ4n) is 4.38. The molecule has 8 nitrogen and oxygen atoms in total. The minimum atomic E-state index is -3.51. The van der Waals surface area contributed by atoms with E-state index in [4.69, 9.17) is 4.74 Å². The molecule has 2 aromatic carbocycles. The average Bonchev–Trinajstić information content (AvgIpc) is 3.22. The highest BCUT2D eigenvalue weighted by molar-refractivity contribution is 7.89. The third-order valence-corrected chi connectivity index (χ3v) is 7.90. The van der Waals surface area contributed by atoms with Crippen molar-refractivity contribution in [2.45, 2.75) is 30.6 Å². The maximum atomic E-state index is 13.2. The van der Waals surface area contributed by atoms with E-state index in [9.17, 15) is 18.0 Å². The zero-order chi connectivity index (χ0) is 21.6. The number of carbonyl (C=O) groups is 2. The Balaban J connectivity index is 1.40. The summed E-state index contributed by atoms with van der Waals surface area (Å²) < 4.78 is 32.9. The molecule has 0 unspecified atom stereocenters. The molecular formula is C22H23N3O5S. The number of hydrogen-bond acceptors (Lipinski definition) is 5. The molecule has 1 saturated heterocycles. The monoisotopic (exact) mass is 441 g/mol. The number of benzene rings is 2. The van der Waals surface area contributed by atoms with Gasteiger partial charge in [-0.25, -0.2) is 8.42 Å². The number of piperidine rings is 1.